The summed E-state index contributed by atoms with van der Waals surface area (Å²) in [5.41, 5.74) is -0.00444. The molecule has 0 amide bonds. The molecule has 0 aliphatic heterocycles. The SMILES string of the molecule is COC(=O)c1cc(Cl)cc(S(=O)(=O)N(C)CCC(=O)O)c1. The molecule has 7 nitrogen and oxygen atoms in total. The summed E-state index contributed by atoms with van der Waals surface area (Å²) in [7, 11) is -1.53. The number of nitrogens with zero attached hydrogens (tertiary/aromatic N) is 1. The van der Waals surface area contributed by atoms with E-state index in [-0.39, 0.29) is 28.4 Å². The second-order valence-electron chi connectivity index (χ2n) is 4.14. The Kier molecular flexibility index (Phi) is 5.70. The Bertz CT molecular complexity index is 658. The van der Waals surface area contributed by atoms with Crippen LogP contribution in [0.5, 0.6) is 0 Å². The zero-order valence-corrected chi connectivity index (χ0v) is 12.9. The average Bonchev–Trinajstić information content (AvgIpc) is 2.42. The first-order valence-corrected chi connectivity index (χ1v) is 7.57. The van der Waals surface area contributed by atoms with Crippen molar-refractivity contribution in [2.24, 2.45) is 0 Å². The number of esters is 1. The fourth-order valence-electron chi connectivity index (χ4n) is 1.50. The first kappa shape index (κ1) is 17.4. The summed E-state index contributed by atoms with van der Waals surface area (Å²) < 4.78 is 30.0. The highest BCUT2D eigenvalue weighted by Crippen LogP contribution is 2.22. The van der Waals surface area contributed by atoms with Gasteiger partial charge in [-0.3, -0.25) is 4.79 Å². The van der Waals surface area contributed by atoms with Gasteiger partial charge in [0.15, 0.2) is 0 Å². The molecule has 0 unspecified atom stereocenters. The number of carbonyl (C=O) groups is 2. The predicted octanol–water partition coefficient (Wildman–Crippen LogP) is 1.22. The van der Waals surface area contributed by atoms with Gasteiger partial charge >= 0.3 is 11.9 Å². The Morgan fingerprint density at radius 1 is 1.33 bits per heavy atom. The molecular formula is C12H14ClNO6S. The van der Waals surface area contributed by atoms with Crippen LogP contribution in [0.15, 0.2) is 23.1 Å². The number of sulfonamides is 1. The monoisotopic (exact) mass is 335 g/mol. The Hall–Kier alpha value is -1.64. The molecule has 0 bridgehead atoms. The van der Waals surface area contributed by atoms with Crippen LogP contribution in [0, 0.1) is 0 Å². The molecule has 0 saturated carbocycles. The number of benzene rings is 1. The summed E-state index contributed by atoms with van der Waals surface area (Å²) in [5, 5.41) is 8.65. The zero-order chi connectivity index (χ0) is 16.2. The van der Waals surface area contributed by atoms with Crippen LogP contribution in [0.3, 0.4) is 0 Å². The molecule has 0 spiro atoms. The lowest BCUT2D eigenvalue weighted by Gasteiger charge is -2.16. The van der Waals surface area contributed by atoms with E-state index in [1.165, 1.54) is 19.2 Å². The largest absolute Gasteiger partial charge is 0.481 e. The molecule has 9 heteroatoms. The molecule has 0 fully saturated rings. The number of halogens is 1. The van der Waals surface area contributed by atoms with Gasteiger partial charge in [0.2, 0.25) is 10.0 Å². The van der Waals surface area contributed by atoms with Gasteiger partial charge in [-0.2, -0.15) is 0 Å². The summed E-state index contributed by atoms with van der Waals surface area (Å²) in [6.07, 6.45) is -0.333. The van der Waals surface area contributed by atoms with Crippen molar-refractivity contribution in [2.75, 3.05) is 20.7 Å². The van der Waals surface area contributed by atoms with Crippen LogP contribution in [-0.2, 0) is 19.6 Å². The summed E-state index contributed by atoms with van der Waals surface area (Å²) >= 11 is 5.80. The second kappa shape index (κ2) is 6.88. The van der Waals surface area contributed by atoms with Gasteiger partial charge in [-0.05, 0) is 18.2 Å². The Balaban J connectivity index is 3.16. The van der Waals surface area contributed by atoms with Crippen LogP contribution in [-0.4, -0.2) is 50.5 Å². The number of hydrogen-bond acceptors (Lipinski definition) is 5. The number of carboxylic acid groups (broad SMARTS) is 1. The van der Waals surface area contributed by atoms with Gasteiger partial charge in [0.05, 0.1) is 24.0 Å². The van der Waals surface area contributed by atoms with Crippen LogP contribution in [0.4, 0.5) is 0 Å². The molecule has 21 heavy (non-hydrogen) atoms. The fraction of sp³-hybridized carbons (Fsp3) is 0.333. The average molecular weight is 336 g/mol. The summed E-state index contributed by atoms with van der Waals surface area (Å²) in [6.45, 7) is -0.197. The molecule has 0 heterocycles. The Morgan fingerprint density at radius 3 is 2.48 bits per heavy atom. The smallest absolute Gasteiger partial charge is 0.337 e. The zero-order valence-electron chi connectivity index (χ0n) is 11.4. The quantitative estimate of drug-likeness (QED) is 0.784. The predicted molar refractivity (Wildman–Crippen MR) is 74.9 cm³/mol. The van der Waals surface area contributed by atoms with Gasteiger partial charge in [0, 0.05) is 18.6 Å². The van der Waals surface area contributed by atoms with Gasteiger partial charge in [-0.1, -0.05) is 11.6 Å². The van der Waals surface area contributed by atoms with Crippen molar-refractivity contribution in [3.8, 4) is 0 Å². The van der Waals surface area contributed by atoms with Crippen LogP contribution in [0.25, 0.3) is 0 Å². The number of carboxylic acids is 1. The maximum atomic E-state index is 12.3. The first-order chi connectivity index (χ1) is 9.68. The van der Waals surface area contributed by atoms with E-state index in [2.05, 4.69) is 4.74 Å². The van der Waals surface area contributed by atoms with Crippen molar-refractivity contribution in [3.63, 3.8) is 0 Å². The van der Waals surface area contributed by atoms with Gasteiger partial charge in [0.25, 0.3) is 0 Å². The van der Waals surface area contributed by atoms with Gasteiger partial charge in [-0.25, -0.2) is 17.5 Å². The van der Waals surface area contributed by atoms with E-state index in [4.69, 9.17) is 16.7 Å². The van der Waals surface area contributed by atoms with E-state index >= 15 is 0 Å². The number of methoxy groups -OCH3 is 1. The molecular weight excluding hydrogens is 322 g/mol. The number of ether oxygens (including phenoxy) is 1. The molecule has 1 rings (SSSR count). The number of aliphatic carboxylic acids is 1. The third-order valence-corrected chi connectivity index (χ3v) is 4.69. The van der Waals surface area contributed by atoms with Crippen LogP contribution in [0.1, 0.15) is 16.8 Å². The molecule has 0 saturated heterocycles. The van der Waals surface area contributed by atoms with E-state index < -0.39 is 22.0 Å². The van der Waals surface area contributed by atoms with Gasteiger partial charge < -0.3 is 9.84 Å². The van der Waals surface area contributed by atoms with E-state index in [1.54, 1.807) is 0 Å². The lowest BCUT2D eigenvalue weighted by Crippen LogP contribution is -2.29. The normalized spacial score (nSPS) is 11.4. The molecule has 1 aromatic rings. The third kappa shape index (κ3) is 4.42. The fourth-order valence-corrected chi connectivity index (χ4v) is 3.04. The van der Waals surface area contributed by atoms with Crippen molar-refractivity contribution in [1.29, 1.82) is 0 Å². The van der Waals surface area contributed by atoms with Crippen molar-refractivity contribution < 1.29 is 27.9 Å². The summed E-state index contributed by atoms with van der Waals surface area (Å²) in [4.78, 5) is 21.8. The van der Waals surface area contributed by atoms with Crippen molar-refractivity contribution >= 4 is 33.6 Å². The van der Waals surface area contributed by atoms with Gasteiger partial charge in [0.1, 0.15) is 0 Å². The standard InChI is InChI=1S/C12H14ClNO6S/c1-14(4-3-11(15)16)21(18,19)10-6-8(12(17)20-2)5-9(13)7-10/h5-7H,3-4H2,1-2H3,(H,15,16). The van der Waals surface area contributed by atoms with Crippen molar-refractivity contribution in [1.82, 2.24) is 4.31 Å². The Morgan fingerprint density at radius 2 is 1.95 bits per heavy atom. The molecule has 1 aromatic carbocycles. The second-order valence-corrected chi connectivity index (χ2v) is 6.62. The van der Waals surface area contributed by atoms with Crippen LogP contribution >= 0.6 is 11.6 Å². The summed E-state index contributed by atoms with van der Waals surface area (Å²) in [5.74, 6) is -1.83. The number of carbonyl (C=O) groups excluding carboxylic acids is 1. The van der Waals surface area contributed by atoms with Crippen molar-refractivity contribution in [3.05, 3.63) is 28.8 Å². The minimum absolute atomic E-state index is 0.00444. The third-order valence-electron chi connectivity index (χ3n) is 2.64. The highest BCUT2D eigenvalue weighted by Gasteiger charge is 2.23. The molecule has 0 aliphatic carbocycles. The van der Waals surface area contributed by atoms with Crippen LogP contribution < -0.4 is 0 Å². The molecule has 0 aromatic heterocycles. The highest BCUT2D eigenvalue weighted by molar-refractivity contribution is 7.89. The molecule has 0 radical (unpaired) electrons. The maximum absolute atomic E-state index is 12.3. The van der Waals surface area contributed by atoms with E-state index in [1.807, 2.05) is 0 Å². The lowest BCUT2D eigenvalue weighted by atomic mass is 10.2. The van der Waals surface area contributed by atoms with Crippen molar-refractivity contribution in [2.45, 2.75) is 11.3 Å². The first-order valence-electron chi connectivity index (χ1n) is 5.75. The maximum Gasteiger partial charge on any atom is 0.337 e. The number of rotatable bonds is 6. The topological polar surface area (TPSA) is 101 Å². The molecule has 0 atom stereocenters. The minimum atomic E-state index is -3.94. The number of hydrogen-bond donors (Lipinski definition) is 1. The van der Waals surface area contributed by atoms with E-state index in [9.17, 15) is 18.0 Å². The van der Waals surface area contributed by atoms with Gasteiger partial charge in [-0.15, -0.1) is 0 Å². The molecule has 1 N–H and O–H groups in total. The van der Waals surface area contributed by atoms with E-state index in [0.717, 1.165) is 17.5 Å². The minimum Gasteiger partial charge on any atom is -0.481 e. The highest BCUT2D eigenvalue weighted by atomic mass is 35.5. The molecule has 0 aliphatic rings. The Labute approximate surface area is 127 Å². The summed E-state index contributed by atoms with van der Waals surface area (Å²) in [6, 6.07) is 3.59. The van der Waals surface area contributed by atoms with E-state index in [0.29, 0.717) is 0 Å². The van der Waals surface area contributed by atoms with Crippen LogP contribution in [0.2, 0.25) is 5.02 Å². The molecule has 116 valence electrons. The lowest BCUT2D eigenvalue weighted by molar-refractivity contribution is -0.137.